The van der Waals surface area contributed by atoms with Crippen LogP contribution in [0, 0.1) is 17.6 Å². The second-order valence-electron chi connectivity index (χ2n) is 6.68. The fourth-order valence-electron chi connectivity index (χ4n) is 4.01. The highest BCUT2D eigenvalue weighted by Gasteiger charge is 2.35. The van der Waals surface area contributed by atoms with Crippen LogP contribution in [0.25, 0.3) is 0 Å². The highest BCUT2D eigenvalue weighted by molar-refractivity contribution is 5.78. The van der Waals surface area contributed by atoms with Gasteiger partial charge in [0.05, 0.1) is 6.54 Å². The van der Waals surface area contributed by atoms with Crippen molar-refractivity contribution < 1.29 is 13.6 Å². The average Bonchev–Trinajstić information content (AvgIpc) is 2.56. The summed E-state index contributed by atoms with van der Waals surface area (Å²) in [6.45, 7) is 1.28. The average molecular weight is 322 g/mol. The highest BCUT2D eigenvalue weighted by Crippen LogP contribution is 2.35. The van der Waals surface area contributed by atoms with Gasteiger partial charge in [-0.05, 0) is 37.7 Å². The fraction of sp³-hybridized carbons (Fsp3) is 0.611. The first-order chi connectivity index (χ1) is 11.1. The Morgan fingerprint density at radius 1 is 1.17 bits per heavy atom. The van der Waals surface area contributed by atoms with E-state index >= 15 is 0 Å². The van der Waals surface area contributed by atoms with E-state index < -0.39 is 11.6 Å². The smallest absolute Gasteiger partial charge is 0.236 e. The van der Waals surface area contributed by atoms with Crippen LogP contribution in [0.2, 0.25) is 0 Å². The van der Waals surface area contributed by atoms with E-state index in [9.17, 15) is 13.6 Å². The second kappa shape index (κ2) is 7.39. The summed E-state index contributed by atoms with van der Waals surface area (Å²) >= 11 is 0. The number of hydrogen-bond donors (Lipinski definition) is 1. The van der Waals surface area contributed by atoms with Crippen LogP contribution >= 0.6 is 0 Å². The zero-order valence-electron chi connectivity index (χ0n) is 13.4. The quantitative estimate of drug-likeness (QED) is 0.923. The first kappa shape index (κ1) is 16.4. The van der Waals surface area contributed by atoms with E-state index in [1.165, 1.54) is 37.8 Å². The molecule has 0 radical (unpaired) electrons. The Labute approximate surface area is 136 Å². The van der Waals surface area contributed by atoms with Crippen LogP contribution in [0.4, 0.5) is 8.78 Å². The number of benzene rings is 1. The van der Waals surface area contributed by atoms with Crippen LogP contribution in [0.5, 0.6) is 0 Å². The molecule has 1 aromatic rings. The number of nitrogens with one attached hydrogen (secondary N) is 1. The van der Waals surface area contributed by atoms with Crippen LogP contribution in [-0.2, 0) is 11.3 Å². The van der Waals surface area contributed by atoms with Gasteiger partial charge in [0.15, 0.2) is 0 Å². The lowest BCUT2D eigenvalue weighted by Crippen LogP contribution is -2.51. The predicted octanol–water partition coefficient (Wildman–Crippen LogP) is 3.24. The number of rotatable bonds is 4. The summed E-state index contributed by atoms with van der Waals surface area (Å²) in [6, 6.07) is 3.92. The lowest BCUT2D eigenvalue weighted by Gasteiger charge is -2.44. The van der Waals surface area contributed by atoms with Gasteiger partial charge >= 0.3 is 0 Å². The highest BCUT2D eigenvalue weighted by atomic mass is 19.1. The van der Waals surface area contributed by atoms with Gasteiger partial charge in [-0.15, -0.1) is 0 Å². The Kier molecular flexibility index (Phi) is 5.26. The molecule has 0 aromatic heterocycles. The van der Waals surface area contributed by atoms with Crippen molar-refractivity contribution >= 4 is 5.91 Å². The molecule has 2 unspecified atom stereocenters. The minimum Gasteiger partial charge on any atom is -0.338 e. The molecule has 1 amide bonds. The molecule has 2 fully saturated rings. The van der Waals surface area contributed by atoms with Crippen LogP contribution in [-0.4, -0.2) is 29.9 Å². The van der Waals surface area contributed by atoms with E-state index in [0.717, 1.165) is 25.5 Å². The van der Waals surface area contributed by atoms with E-state index in [4.69, 9.17) is 0 Å². The molecular formula is C18H24F2N2O. The standard InChI is InChI=1S/C18H24F2N2O/c19-15-8-7-14(16(20)10-15)11-21-12-18(23)22-9-3-5-13-4-1-2-6-17(13)22/h7-8,10,13,17,21H,1-6,9,11-12H2. The molecule has 23 heavy (non-hydrogen) atoms. The molecule has 1 aromatic carbocycles. The summed E-state index contributed by atoms with van der Waals surface area (Å²) in [4.78, 5) is 14.5. The van der Waals surface area contributed by atoms with Crippen LogP contribution < -0.4 is 5.32 Å². The lowest BCUT2D eigenvalue weighted by atomic mass is 9.78. The largest absolute Gasteiger partial charge is 0.338 e. The van der Waals surface area contributed by atoms with Gasteiger partial charge < -0.3 is 10.2 Å². The van der Waals surface area contributed by atoms with Gasteiger partial charge in [0.1, 0.15) is 11.6 Å². The summed E-state index contributed by atoms with van der Waals surface area (Å²) < 4.78 is 26.5. The number of amides is 1. The molecule has 1 saturated heterocycles. The third-order valence-electron chi connectivity index (χ3n) is 5.17. The molecule has 1 saturated carbocycles. The summed E-state index contributed by atoms with van der Waals surface area (Å²) in [7, 11) is 0. The summed E-state index contributed by atoms with van der Waals surface area (Å²) in [6.07, 6.45) is 7.16. The summed E-state index contributed by atoms with van der Waals surface area (Å²) in [5.41, 5.74) is 0.383. The first-order valence-corrected chi connectivity index (χ1v) is 8.59. The molecule has 3 rings (SSSR count). The van der Waals surface area contributed by atoms with E-state index in [2.05, 4.69) is 5.32 Å². The number of fused-ring (bicyclic) bond motifs is 1. The van der Waals surface area contributed by atoms with Gasteiger partial charge in [-0.2, -0.15) is 0 Å². The van der Waals surface area contributed by atoms with Gasteiger partial charge in [0, 0.05) is 30.8 Å². The zero-order valence-corrected chi connectivity index (χ0v) is 13.4. The fourth-order valence-corrected chi connectivity index (χ4v) is 4.01. The minimum absolute atomic E-state index is 0.101. The van der Waals surface area contributed by atoms with Crippen LogP contribution in [0.15, 0.2) is 18.2 Å². The Morgan fingerprint density at radius 2 is 1.96 bits per heavy atom. The van der Waals surface area contributed by atoms with Gasteiger partial charge in [0.2, 0.25) is 5.91 Å². The van der Waals surface area contributed by atoms with Crippen LogP contribution in [0.1, 0.15) is 44.1 Å². The SMILES string of the molecule is O=C(CNCc1ccc(F)cc1F)N1CCCC2CCCCC21. The van der Waals surface area contributed by atoms with Crippen molar-refractivity contribution in [2.24, 2.45) is 5.92 Å². The van der Waals surface area contributed by atoms with Crippen molar-refractivity contribution in [3.05, 3.63) is 35.4 Å². The molecule has 1 N–H and O–H groups in total. The molecule has 0 bridgehead atoms. The number of likely N-dealkylation sites (tertiary alicyclic amines) is 1. The summed E-state index contributed by atoms with van der Waals surface area (Å²) in [5.74, 6) is -0.394. The number of hydrogen-bond acceptors (Lipinski definition) is 2. The molecule has 0 spiro atoms. The first-order valence-electron chi connectivity index (χ1n) is 8.59. The van der Waals surface area contributed by atoms with Crippen molar-refractivity contribution in [2.75, 3.05) is 13.1 Å². The molecule has 2 atom stereocenters. The van der Waals surface area contributed by atoms with Crippen molar-refractivity contribution in [3.8, 4) is 0 Å². The number of halogens is 2. The maximum Gasteiger partial charge on any atom is 0.236 e. The van der Waals surface area contributed by atoms with Gasteiger partial charge in [-0.25, -0.2) is 8.78 Å². The third-order valence-corrected chi connectivity index (χ3v) is 5.17. The van der Waals surface area contributed by atoms with E-state index in [0.29, 0.717) is 17.5 Å². The molecule has 2 aliphatic rings. The monoisotopic (exact) mass is 322 g/mol. The van der Waals surface area contributed by atoms with Gasteiger partial charge in [-0.3, -0.25) is 4.79 Å². The maximum atomic E-state index is 13.6. The Morgan fingerprint density at radius 3 is 2.78 bits per heavy atom. The topological polar surface area (TPSA) is 32.3 Å². The minimum atomic E-state index is -0.584. The summed E-state index contributed by atoms with van der Waals surface area (Å²) in [5, 5.41) is 3.00. The molecule has 1 aliphatic carbocycles. The number of nitrogens with zero attached hydrogens (tertiary/aromatic N) is 1. The molecular weight excluding hydrogens is 298 g/mol. The third kappa shape index (κ3) is 3.89. The second-order valence-corrected chi connectivity index (χ2v) is 6.68. The Bertz CT molecular complexity index is 562. The van der Waals surface area contributed by atoms with Crippen molar-refractivity contribution in [2.45, 2.75) is 51.1 Å². The lowest BCUT2D eigenvalue weighted by molar-refractivity contribution is -0.136. The van der Waals surface area contributed by atoms with Gasteiger partial charge in [0.25, 0.3) is 0 Å². The van der Waals surface area contributed by atoms with E-state index in [-0.39, 0.29) is 19.0 Å². The molecule has 5 heteroatoms. The number of carbonyl (C=O) groups is 1. The van der Waals surface area contributed by atoms with Crippen molar-refractivity contribution in [1.82, 2.24) is 10.2 Å². The molecule has 126 valence electrons. The Balaban J connectivity index is 1.52. The van der Waals surface area contributed by atoms with Crippen molar-refractivity contribution in [1.29, 1.82) is 0 Å². The van der Waals surface area contributed by atoms with Crippen molar-refractivity contribution in [3.63, 3.8) is 0 Å². The Hall–Kier alpha value is -1.49. The number of carbonyl (C=O) groups excluding carboxylic acids is 1. The molecule has 1 heterocycles. The maximum absolute atomic E-state index is 13.6. The molecule has 1 aliphatic heterocycles. The van der Waals surface area contributed by atoms with Crippen LogP contribution in [0.3, 0.4) is 0 Å². The predicted molar refractivity (Wildman–Crippen MR) is 84.8 cm³/mol. The molecule has 3 nitrogen and oxygen atoms in total. The van der Waals surface area contributed by atoms with E-state index in [1.54, 1.807) is 0 Å². The zero-order chi connectivity index (χ0) is 16.2. The normalized spacial score (nSPS) is 24.3. The van der Waals surface area contributed by atoms with Gasteiger partial charge in [-0.1, -0.05) is 18.9 Å². The van der Waals surface area contributed by atoms with E-state index in [1.807, 2.05) is 4.90 Å². The number of piperidine rings is 1.